The second-order valence-electron chi connectivity index (χ2n) is 10.3. The van der Waals surface area contributed by atoms with Gasteiger partial charge in [0.25, 0.3) is 5.56 Å². The van der Waals surface area contributed by atoms with Crippen molar-refractivity contribution in [1.29, 1.82) is 0 Å². The molecule has 1 aliphatic heterocycles. The third kappa shape index (κ3) is 5.30. The smallest absolute Gasteiger partial charge is 0.303 e. The predicted octanol–water partition coefficient (Wildman–Crippen LogP) is 6.41. The van der Waals surface area contributed by atoms with Gasteiger partial charge in [-0.05, 0) is 74.4 Å². The molecule has 3 heterocycles. The highest BCUT2D eigenvalue weighted by Crippen LogP contribution is 2.36. The average molecular weight is 590 g/mol. The molecule has 2 N–H and O–H groups in total. The molecule has 208 valence electrons. The summed E-state index contributed by atoms with van der Waals surface area (Å²) in [6, 6.07) is 17.9. The topological polar surface area (TPSA) is 122 Å². The summed E-state index contributed by atoms with van der Waals surface area (Å²) in [7, 11) is 0. The molecule has 0 aliphatic carbocycles. The molecule has 0 fully saturated rings. The van der Waals surface area contributed by atoms with Crippen LogP contribution in [0.25, 0.3) is 27.6 Å². The van der Waals surface area contributed by atoms with E-state index in [1.165, 1.54) is 0 Å². The number of benzene rings is 3. The number of hydrogen-bond donors (Lipinski definition) is 2. The fourth-order valence-corrected chi connectivity index (χ4v) is 5.35. The van der Waals surface area contributed by atoms with E-state index in [-0.39, 0.29) is 12.0 Å². The summed E-state index contributed by atoms with van der Waals surface area (Å²) < 4.78 is 1.57. The number of aromatic nitrogens is 4. The Morgan fingerprint density at radius 2 is 1.80 bits per heavy atom. The number of nitrogens with zero attached hydrogens (tertiary/aromatic N) is 4. The van der Waals surface area contributed by atoms with E-state index < -0.39 is 11.6 Å². The van der Waals surface area contributed by atoms with Crippen LogP contribution >= 0.6 is 23.2 Å². The van der Waals surface area contributed by atoms with Gasteiger partial charge in [0.2, 0.25) is 0 Å². The van der Waals surface area contributed by atoms with E-state index >= 15 is 0 Å². The van der Waals surface area contributed by atoms with Gasteiger partial charge >= 0.3 is 5.97 Å². The van der Waals surface area contributed by atoms with Crippen LogP contribution in [0.2, 0.25) is 10.0 Å². The zero-order valence-electron chi connectivity index (χ0n) is 22.0. The first kappa shape index (κ1) is 27.0. The minimum atomic E-state index is -0.853. The third-order valence-corrected chi connectivity index (χ3v) is 7.69. The molecule has 1 unspecified atom stereocenters. The molecule has 11 heteroatoms. The lowest BCUT2D eigenvalue weighted by Gasteiger charge is -2.18. The van der Waals surface area contributed by atoms with Crippen LogP contribution in [0.1, 0.15) is 49.8 Å². The van der Waals surface area contributed by atoms with E-state index in [2.05, 4.69) is 15.1 Å². The van der Waals surface area contributed by atoms with Gasteiger partial charge in [0.15, 0.2) is 11.4 Å². The van der Waals surface area contributed by atoms with Crippen LogP contribution in [-0.4, -0.2) is 36.3 Å². The van der Waals surface area contributed by atoms with E-state index in [0.29, 0.717) is 69.7 Å². The number of unbranched alkanes of at least 4 members (excludes halogenated alkanes) is 1. The molecule has 2 aromatic heterocycles. The first-order chi connectivity index (χ1) is 19.7. The Morgan fingerprint density at radius 3 is 2.59 bits per heavy atom. The molecule has 3 aromatic carbocycles. The minimum Gasteiger partial charge on any atom is -0.481 e. The number of aliphatic carboxylic acids is 1. The standard InChI is InChI=1S/C30H25Cl2N5O4/c1-30(29-34-22-13-9-19(32)15-24(22)35-29)16-25(36-41-30)17-6-12-21-23(14-17)33-26(4-2-3-5-27(38)39)37(28(21)40)20-10-7-18(31)8-11-20/h6-15H,2-5,16H2,1H3,(H,34,35)(H,38,39). The van der Waals surface area contributed by atoms with Crippen molar-refractivity contribution in [3.8, 4) is 5.69 Å². The summed E-state index contributed by atoms with van der Waals surface area (Å²) >= 11 is 12.2. The van der Waals surface area contributed by atoms with Crippen LogP contribution < -0.4 is 5.56 Å². The van der Waals surface area contributed by atoms with Gasteiger partial charge in [-0.3, -0.25) is 14.2 Å². The van der Waals surface area contributed by atoms with Gasteiger partial charge in [-0.2, -0.15) is 0 Å². The Morgan fingerprint density at radius 1 is 1.02 bits per heavy atom. The van der Waals surface area contributed by atoms with Crippen LogP contribution in [0, 0.1) is 0 Å². The predicted molar refractivity (Wildman–Crippen MR) is 158 cm³/mol. The number of aromatic amines is 1. The average Bonchev–Trinajstić information content (AvgIpc) is 3.56. The maximum Gasteiger partial charge on any atom is 0.303 e. The monoisotopic (exact) mass is 589 g/mol. The summed E-state index contributed by atoms with van der Waals surface area (Å²) in [4.78, 5) is 43.5. The van der Waals surface area contributed by atoms with Gasteiger partial charge < -0.3 is 14.9 Å². The molecule has 5 aromatic rings. The highest BCUT2D eigenvalue weighted by atomic mass is 35.5. The number of hydrogen-bond acceptors (Lipinski definition) is 6. The van der Waals surface area contributed by atoms with Crippen LogP contribution in [0.5, 0.6) is 0 Å². The number of rotatable bonds is 8. The van der Waals surface area contributed by atoms with Crippen LogP contribution in [0.15, 0.2) is 70.6 Å². The molecule has 0 saturated carbocycles. The second-order valence-corrected chi connectivity index (χ2v) is 11.1. The zero-order chi connectivity index (χ0) is 28.7. The van der Waals surface area contributed by atoms with E-state index in [9.17, 15) is 9.59 Å². The van der Waals surface area contributed by atoms with Crippen LogP contribution in [0.3, 0.4) is 0 Å². The molecule has 1 atom stereocenters. The molecule has 41 heavy (non-hydrogen) atoms. The van der Waals surface area contributed by atoms with E-state index in [0.717, 1.165) is 16.6 Å². The first-order valence-corrected chi connectivity index (χ1v) is 13.9. The second kappa shape index (κ2) is 10.6. The Balaban J connectivity index is 1.34. The third-order valence-electron chi connectivity index (χ3n) is 7.20. The lowest BCUT2D eigenvalue weighted by atomic mass is 9.95. The van der Waals surface area contributed by atoms with Crippen molar-refractivity contribution in [1.82, 2.24) is 19.5 Å². The van der Waals surface area contributed by atoms with Gasteiger partial charge in [0.05, 0.1) is 33.3 Å². The molecule has 1 aliphatic rings. The number of imidazole rings is 1. The number of carboxylic acid groups (broad SMARTS) is 1. The summed E-state index contributed by atoms with van der Waals surface area (Å²) in [5.41, 5.74) is 3.24. The summed E-state index contributed by atoms with van der Waals surface area (Å²) in [6.07, 6.45) is 1.99. The van der Waals surface area contributed by atoms with Crippen LogP contribution in [0.4, 0.5) is 0 Å². The fourth-order valence-electron chi connectivity index (χ4n) is 5.05. The maximum absolute atomic E-state index is 13.7. The Labute approximate surface area is 244 Å². The number of carbonyl (C=O) groups is 1. The largest absolute Gasteiger partial charge is 0.481 e. The van der Waals surface area contributed by atoms with Crippen molar-refractivity contribution in [2.75, 3.05) is 0 Å². The Bertz CT molecular complexity index is 1900. The van der Waals surface area contributed by atoms with E-state index in [1.54, 1.807) is 41.0 Å². The highest BCUT2D eigenvalue weighted by Gasteiger charge is 2.39. The van der Waals surface area contributed by atoms with Crippen molar-refractivity contribution >= 4 is 56.8 Å². The number of carboxylic acids is 1. The lowest BCUT2D eigenvalue weighted by Crippen LogP contribution is -2.25. The fraction of sp³-hybridized carbons (Fsp3) is 0.233. The minimum absolute atomic E-state index is 0.0553. The molecule has 0 amide bonds. The highest BCUT2D eigenvalue weighted by molar-refractivity contribution is 6.31. The van der Waals surface area contributed by atoms with Crippen molar-refractivity contribution in [3.63, 3.8) is 0 Å². The lowest BCUT2D eigenvalue weighted by molar-refractivity contribution is -0.137. The molecular formula is C30H25Cl2N5O4. The quantitative estimate of drug-likeness (QED) is 0.202. The first-order valence-electron chi connectivity index (χ1n) is 13.1. The Kier molecular flexibility index (Phi) is 7.01. The summed E-state index contributed by atoms with van der Waals surface area (Å²) in [6.45, 7) is 1.92. The van der Waals surface area contributed by atoms with Crippen molar-refractivity contribution in [3.05, 3.63) is 98.3 Å². The summed E-state index contributed by atoms with van der Waals surface area (Å²) in [5, 5.41) is 15.0. The zero-order valence-corrected chi connectivity index (χ0v) is 23.5. The van der Waals surface area contributed by atoms with E-state index in [1.807, 2.05) is 31.2 Å². The molecule has 0 spiro atoms. The van der Waals surface area contributed by atoms with Crippen molar-refractivity contribution < 1.29 is 14.7 Å². The number of oxime groups is 1. The van der Waals surface area contributed by atoms with Gasteiger partial charge in [-0.15, -0.1) is 0 Å². The Hall–Kier alpha value is -4.21. The van der Waals surface area contributed by atoms with Gasteiger partial charge in [0.1, 0.15) is 5.82 Å². The van der Waals surface area contributed by atoms with E-state index in [4.69, 9.17) is 38.1 Å². The van der Waals surface area contributed by atoms with Crippen molar-refractivity contribution in [2.24, 2.45) is 5.16 Å². The molecule has 9 nitrogen and oxygen atoms in total. The molecule has 6 rings (SSSR count). The van der Waals surface area contributed by atoms with Crippen molar-refractivity contribution in [2.45, 2.75) is 44.6 Å². The number of fused-ring (bicyclic) bond motifs is 2. The molecule has 0 bridgehead atoms. The molecule has 0 radical (unpaired) electrons. The van der Waals surface area contributed by atoms with Gasteiger partial charge in [-0.1, -0.05) is 34.4 Å². The molecular weight excluding hydrogens is 565 g/mol. The molecule has 0 saturated heterocycles. The van der Waals surface area contributed by atoms with Gasteiger partial charge in [0, 0.05) is 34.9 Å². The number of halogens is 2. The van der Waals surface area contributed by atoms with Gasteiger partial charge in [-0.25, -0.2) is 9.97 Å². The SMILES string of the molecule is CC1(c2nc3ccc(Cl)cc3[nH]2)CC(c2ccc3c(=O)n(-c4ccc(Cl)cc4)c(CCCCC(=O)O)nc3c2)=NO1. The normalized spacial score (nSPS) is 16.7. The number of nitrogens with one attached hydrogen (secondary N) is 1. The number of aryl methyl sites for hydroxylation is 1. The number of H-pyrrole nitrogens is 1. The summed E-state index contributed by atoms with van der Waals surface area (Å²) in [5.74, 6) is 0.332. The maximum atomic E-state index is 13.7. The van der Waals surface area contributed by atoms with Crippen LogP contribution in [-0.2, 0) is 21.7 Å².